The number of urea groups is 1. The van der Waals surface area contributed by atoms with Gasteiger partial charge in [-0.25, -0.2) is 4.79 Å². The number of rotatable bonds is 7. The molecule has 1 fully saturated rings. The third-order valence-corrected chi connectivity index (χ3v) is 4.80. The molecule has 7 nitrogen and oxygen atoms in total. The molecule has 1 atom stereocenters. The van der Waals surface area contributed by atoms with Gasteiger partial charge in [-0.15, -0.1) is 0 Å². The highest BCUT2D eigenvalue weighted by Crippen LogP contribution is 2.31. The SMILES string of the molecule is CCc1cccc(OCC(=O)NN2C(=O)N[C@@](CC)(c3ccccc3)C2=O)c1. The Kier molecular flexibility index (Phi) is 5.63. The molecule has 2 N–H and O–H groups in total. The number of benzene rings is 2. The zero-order valence-electron chi connectivity index (χ0n) is 15.9. The summed E-state index contributed by atoms with van der Waals surface area (Å²) in [5, 5.41) is 3.44. The lowest BCUT2D eigenvalue weighted by Crippen LogP contribution is -2.49. The molecule has 1 heterocycles. The summed E-state index contributed by atoms with van der Waals surface area (Å²) in [5.41, 5.74) is 2.90. The van der Waals surface area contributed by atoms with Crippen LogP contribution in [0.2, 0.25) is 0 Å². The molecule has 0 radical (unpaired) electrons. The van der Waals surface area contributed by atoms with Crippen LogP contribution in [0.15, 0.2) is 54.6 Å². The average molecular weight is 381 g/mol. The number of hydrogen-bond acceptors (Lipinski definition) is 4. The minimum Gasteiger partial charge on any atom is -0.484 e. The minimum atomic E-state index is -1.19. The normalized spacial score (nSPS) is 18.7. The molecule has 1 saturated heterocycles. The highest BCUT2D eigenvalue weighted by molar-refractivity contribution is 6.08. The molecule has 4 amide bonds. The van der Waals surface area contributed by atoms with Crippen LogP contribution in [0, 0.1) is 0 Å². The van der Waals surface area contributed by atoms with E-state index in [2.05, 4.69) is 10.7 Å². The largest absolute Gasteiger partial charge is 0.484 e. The maximum absolute atomic E-state index is 12.9. The van der Waals surface area contributed by atoms with Gasteiger partial charge in [0, 0.05) is 0 Å². The lowest BCUT2D eigenvalue weighted by molar-refractivity contribution is -0.140. The fraction of sp³-hybridized carbons (Fsp3) is 0.286. The van der Waals surface area contributed by atoms with Crippen molar-refractivity contribution < 1.29 is 19.1 Å². The monoisotopic (exact) mass is 381 g/mol. The molecule has 28 heavy (non-hydrogen) atoms. The second-order valence-electron chi connectivity index (χ2n) is 6.52. The number of carbonyl (C=O) groups is 3. The average Bonchev–Trinajstić information content (AvgIpc) is 2.98. The first-order valence-electron chi connectivity index (χ1n) is 9.23. The molecule has 0 bridgehead atoms. The van der Waals surface area contributed by atoms with Gasteiger partial charge in [-0.1, -0.05) is 56.3 Å². The third kappa shape index (κ3) is 3.69. The zero-order valence-corrected chi connectivity index (χ0v) is 15.9. The maximum atomic E-state index is 12.9. The van der Waals surface area contributed by atoms with E-state index in [1.165, 1.54) is 0 Å². The number of aryl methyl sites for hydroxylation is 1. The van der Waals surface area contributed by atoms with Gasteiger partial charge in [-0.3, -0.25) is 15.0 Å². The van der Waals surface area contributed by atoms with Crippen molar-refractivity contribution >= 4 is 17.8 Å². The van der Waals surface area contributed by atoms with Crippen LogP contribution >= 0.6 is 0 Å². The summed E-state index contributed by atoms with van der Waals surface area (Å²) in [6.07, 6.45) is 1.21. The van der Waals surface area contributed by atoms with Crippen LogP contribution < -0.4 is 15.5 Å². The molecule has 2 aromatic carbocycles. The van der Waals surface area contributed by atoms with E-state index < -0.39 is 23.4 Å². The fourth-order valence-electron chi connectivity index (χ4n) is 3.20. The van der Waals surface area contributed by atoms with E-state index in [1.807, 2.05) is 31.2 Å². The number of nitrogens with zero attached hydrogens (tertiary/aromatic N) is 1. The smallest absolute Gasteiger partial charge is 0.344 e. The molecule has 7 heteroatoms. The standard InChI is InChI=1S/C21H23N3O4/c1-3-15-9-8-12-17(13-15)28-14-18(25)23-24-19(26)21(4-2,22-20(24)27)16-10-6-5-7-11-16/h5-13H,3-4,14H2,1-2H3,(H,22,27)(H,23,25)/t21-/m0/s1. The molecule has 0 spiro atoms. The number of imide groups is 1. The number of ether oxygens (including phenoxy) is 1. The molecule has 0 unspecified atom stereocenters. The first-order chi connectivity index (χ1) is 13.5. The van der Waals surface area contributed by atoms with Crippen LogP contribution in [0.5, 0.6) is 5.75 Å². The van der Waals surface area contributed by atoms with Crippen molar-refractivity contribution in [1.82, 2.24) is 15.8 Å². The molecule has 2 aromatic rings. The van der Waals surface area contributed by atoms with Crippen molar-refractivity contribution in [3.63, 3.8) is 0 Å². The van der Waals surface area contributed by atoms with Crippen LogP contribution in [0.4, 0.5) is 4.79 Å². The van der Waals surface area contributed by atoms with Gasteiger partial charge in [0.2, 0.25) is 0 Å². The Balaban J connectivity index is 1.67. The Bertz CT molecular complexity index is 884. The first kappa shape index (κ1) is 19.4. The minimum absolute atomic E-state index is 0.311. The third-order valence-electron chi connectivity index (χ3n) is 4.80. The summed E-state index contributed by atoms with van der Waals surface area (Å²) in [6, 6.07) is 15.7. The van der Waals surface area contributed by atoms with Crippen molar-refractivity contribution in [1.29, 1.82) is 0 Å². The van der Waals surface area contributed by atoms with Gasteiger partial charge >= 0.3 is 6.03 Å². The zero-order chi connectivity index (χ0) is 20.1. The molecule has 146 valence electrons. The summed E-state index contributed by atoms with van der Waals surface area (Å²) < 4.78 is 5.47. The molecule has 0 aliphatic carbocycles. The Morgan fingerprint density at radius 3 is 2.54 bits per heavy atom. The molecule has 0 saturated carbocycles. The van der Waals surface area contributed by atoms with Crippen molar-refractivity contribution in [2.45, 2.75) is 32.2 Å². The Morgan fingerprint density at radius 1 is 1.11 bits per heavy atom. The van der Waals surface area contributed by atoms with E-state index >= 15 is 0 Å². The second kappa shape index (κ2) is 8.12. The number of hydrogen-bond donors (Lipinski definition) is 2. The van der Waals surface area contributed by atoms with E-state index in [0.717, 1.165) is 17.0 Å². The molecule has 3 rings (SSSR count). The van der Waals surface area contributed by atoms with E-state index in [0.29, 0.717) is 17.7 Å². The predicted molar refractivity (Wildman–Crippen MR) is 103 cm³/mol. The van der Waals surface area contributed by atoms with Crippen LogP contribution in [-0.2, 0) is 21.5 Å². The van der Waals surface area contributed by atoms with Crippen molar-refractivity contribution in [3.8, 4) is 5.75 Å². The number of carbonyl (C=O) groups excluding carboxylic acids is 3. The van der Waals surface area contributed by atoms with Crippen molar-refractivity contribution in [2.24, 2.45) is 0 Å². The van der Waals surface area contributed by atoms with Gasteiger partial charge in [0.05, 0.1) is 0 Å². The number of amides is 4. The Hall–Kier alpha value is -3.35. The van der Waals surface area contributed by atoms with Crippen LogP contribution in [0.3, 0.4) is 0 Å². The van der Waals surface area contributed by atoms with Gasteiger partial charge in [0.1, 0.15) is 11.3 Å². The van der Waals surface area contributed by atoms with Gasteiger partial charge in [0.25, 0.3) is 11.8 Å². The van der Waals surface area contributed by atoms with Gasteiger partial charge in [-0.2, -0.15) is 5.01 Å². The summed E-state index contributed by atoms with van der Waals surface area (Å²) in [4.78, 5) is 37.6. The number of nitrogens with one attached hydrogen (secondary N) is 2. The molecular weight excluding hydrogens is 358 g/mol. The second-order valence-corrected chi connectivity index (χ2v) is 6.52. The molecular formula is C21H23N3O4. The van der Waals surface area contributed by atoms with Gasteiger partial charge in [0.15, 0.2) is 6.61 Å². The Morgan fingerprint density at radius 2 is 1.86 bits per heavy atom. The summed E-state index contributed by atoms with van der Waals surface area (Å²) >= 11 is 0. The van der Waals surface area contributed by atoms with Gasteiger partial charge in [-0.05, 0) is 36.1 Å². The summed E-state index contributed by atoms with van der Waals surface area (Å²) in [5.74, 6) is -0.559. The first-order valence-corrected chi connectivity index (χ1v) is 9.23. The van der Waals surface area contributed by atoms with E-state index in [4.69, 9.17) is 4.74 Å². The van der Waals surface area contributed by atoms with E-state index in [1.54, 1.807) is 37.3 Å². The highest BCUT2D eigenvalue weighted by atomic mass is 16.5. The quantitative estimate of drug-likeness (QED) is 0.722. The van der Waals surface area contributed by atoms with Gasteiger partial charge < -0.3 is 10.1 Å². The molecule has 1 aliphatic rings. The highest BCUT2D eigenvalue weighted by Gasteiger charge is 2.52. The molecule has 0 aromatic heterocycles. The predicted octanol–water partition coefficient (Wildman–Crippen LogP) is 2.52. The fourth-order valence-corrected chi connectivity index (χ4v) is 3.20. The molecule has 1 aliphatic heterocycles. The summed E-state index contributed by atoms with van der Waals surface area (Å²) in [6.45, 7) is 3.52. The van der Waals surface area contributed by atoms with E-state index in [-0.39, 0.29) is 6.61 Å². The number of hydrazine groups is 1. The van der Waals surface area contributed by atoms with Crippen LogP contribution in [-0.4, -0.2) is 29.5 Å². The van der Waals surface area contributed by atoms with Crippen LogP contribution in [0.1, 0.15) is 31.4 Å². The lowest BCUT2D eigenvalue weighted by Gasteiger charge is -2.25. The topological polar surface area (TPSA) is 87.7 Å². The van der Waals surface area contributed by atoms with Crippen LogP contribution in [0.25, 0.3) is 0 Å². The van der Waals surface area contributed by atoms with Crippen molar-refractivity contribution in [3.05, 3.63) is 65.7 Å². The summed E-state index contributed by atoms with van der Waals surface area (Å²) in [7, 11) is 0. The maximum Gasteiger partial charge on any atom is 0.344 e. The van der Waals surface area contributed by atoms with E-state index in [9.17, 15) is 14.4 Å². The lowest BCUT2D eigenvalue weighted by atomic mass is 9.87. The van der Waals surface area contributed by atoms with Crippen molar-refractivity contribution in [2.75, 3.05) is 6.61 Å². The Labute approximate surface area is 163 Å².